The topological polar surface area (TPSA) is 66.4 Å². The maximum Gasteiger partial charge on any atom is 0.326 e. The lowest BCUT2D eigenvalue weighted by atomic mass is 10.0. The van der Waals surface area contributed by atoms with Gasteiger partial charge in [-0.2, -0.15) is 0 Å². The van der Waals surface area contributed by atoms with Gasteiger partial charge in [0, 0.05) is 6.42 Å². The van der Waals surface area contributed by atoms with Gasteiger partial charge in [-0.25, -0.2) is 4.79 Å². The largest absolute Gasteiger partial charge is 0.480 e. The van der Waals surface area contributed by atoms with Crippen LogP contribution in [0.1, 0.15) is 21.5 Å². The molecule has 4 nitrogen and oxygen atoms in total. The minimum Gasteiger partial charge on any atom is -0.480 e. The van der Waals surface area contributed by atoms with Gasteiger partial charge in [0.05, 0.1) is 10.6 Å². The molecule has 0 bridgehead atoms. The van der Waals surface area contributed by atoms with Crippen molar-refractivity contribution in [3.63, 3.8) is 0 Å². The fourth-order valence-electron chi connectivity index (χ4n) is 2.16. The first-order valence-corrected chi connectivity index (χ1v) is 7.19. The summed E-state index contributed by atoms with van der Waals surface area (Å²) in [4.78, 5) is 23.6. The van der Waals surface area contributed by atoms with Gasteiger partial charge in [-0.3, -0.25) is 4.79 Å². The Morgan fingerprint density at radius 2 is 1.91 bits per heavy atom. The van der Waals surface area contributed by atoms with Gasteiger partial charge in [-0.05, 0) is 24.6 Å². The van der Waals surface area contributed by atoms with Crippen LogP contribution in [0.5, 0.6) is 0 Å². The number of carbonyl (C=O) groups is 2. The van der Waals surface area contributed by atoms with E-state index in [2.05, 4.69) is 5.32 Å². The molecule has 2 N–H and O–H groups in total. The Morgan fingerprint density at radius 1 is 1.18 bits per heavy atom. The molecular formula is C17H16ClNO3. The average molecular weight is 318 g/mol. The van der Waals surface area contributed by atoms with E-state index in [1.54, 1.807) is 24.3 Å². The Kier molecular flexibility index (Phi) is 5.17. The maximum absolute atomic E-state index is 12.2. The van der Waals surface area contributed by atoms with Crippen molar-refractivity contribution in [2.45, 2.75) is 19.4 Å². The lowest BCUT2D eigenvalue weighted by molar-refractivity contribution is -0.139. The SMILES string of the molecule is Cc1cccc(C[C@H](NC(=O)c2ccccc2Cl)C(=O)O)c1. The summed E-state index contributed by atoms with van der Waals surface area (Å²) in [7, 11) is 0. The molecule has 0 aliphatic rings. The van der Waals surface area contributed by atoms with Crippen molar-refractivity contribution >= 4 is 23.5 Å². The summed E-state index contributed by atoms with van der Waals surface area (Å²) in [6.45, 7) is 1.93. The minimum absolute atomic E-state index is 0.215. The van der Waals surface area contributed by atoms with Gasteiger partial charge in [0.15, 0.2) is 0 Å². The molecule has 0 radical (unpaired) electrons. The predicted octanol–water partition coefficient (Wildman–Crippen LogP) is 3.07. The van der Waals surface area contributed by atoms with Crippen molar-refractivity contribution < 1.29 is 14.7 Å². The normalized spacial score (nSPS) is 11.7. The highest BCUT2D eigenvalue weighted by molar-refractivity contribution is 6.33. The summed E-state index contributed by atoms with van der Waals surface area (Å²) in [5, 5.41) is 12.1. The van der Waals surface area contributed by atoms with Gasteiger partial charge >= 0.3 is 5.97 Å². The van der Waals surface area contributed by atoms with E-state index in [0.717, 1.165) is 11.1 Å². The van der Waals surface area contributed by atoms with E-state index in [0.29, 0.717) is 5.02 Å². The number of carboxylic acids is 1. The van der Waals surface area contributed by atoms with Crippen molar-refractivity contribution in [3.8, 4) is 0 Å². The first kappa shape index (κ1) is 16.0. The monoisotopic (exact) mass is 317 g/mol. The molecular weight excluding hydrogens is 302 g/mol. The molecule has 0 fully saturated rings. The van der Waals surface area contributed by atoms with Gasteiger partial charge in [0.2, 0.25) is 0 Å². The molecule has 2 aromatic carbocycles. The minimum atomic E-state index is -1.08. The highest BCUT2D eigenvalue weighted by atomic mass is 35.5. The third-order valence-corrected chi connectivity index (χ3v) is 3.57. The smallest absolute Gasteiger partial charge is 0.326 e. The van der Waals surface area contributed by atoms with Crippen molar-refractivity contribution in [1.82, 2.24) is 5.32 Å². The predicted molar refractivity (Wildman–Crippen MR) is 85.2 cm³/mol. The van der Waals surface area contributed by atoms with E-state index in [4.69, 9.17) is 11.6 Å². The Labute approximate surface area is 133 Å². The Morgan fingerprint density at radius 3 is 2.55 bits per heavy atom. The van der Waals surface area contributed by atoms with E-state index in [1.807, 2.05) is 31.2 Å². The highest BCUT2D eigenvalue weighted by Gasteiger charge is 2.22. The van der Waals surface area contributed by atoms with Gasteiger partial charge in [0.25, 0.3) is 5.91 Å². The van der Waals surface area contributed by atoms with E-state index in [9.17, 15) is 14.7 Å². The molecule has 114 valence electrons. The first-order chi connectivity index (χ1) is 10.5. The molecule has 0 saturated carbocycles. The molecule has 0 spiro atoms. The quantitative estimate of drug-likeness (QED) is 0.890. The number of hydrogen-bond acceptors (Lipinski definition) is 2. The lowest BCUT2D eigenvalue weighted by Crippen LogP contribution is -2.42. The van der Waals surface area contributed by atoms with Crippen LogP contribution in [0.4, 0.5) is 0 Å². The number of carbonyl (C=O) groups excluding carboxylic acids is 1. The van der Waals surface area contributed by atoms with Crippen LogP contribution in [0.2, 0.25) is 5.02 Å². The summed E-state index contributed by atoms with van der Waals surface area (Å²) in [6, 6.07) is 13.1. The number of carboxylic acid groups (broad SMARTS) is 1. The number of aryl methyl sites for hydroxylation is 1. The van der Waals surface area contributed by atoms with Crippen molar-refractivity contribution in [2.24, 2.45) is 0 Å². The zero-order valence-electron chi connectivity index (χ0n) is 12.0. The van der Waals surface area contributed by atoms with E-state index in [-0.39, 0.29) is 12.0 Å². The second kappa shape index (κ2) is 7.09. The molecule has 0 saturated heterocycles. The van der Waals surface area contributed by atoms with Gasteiger partial charge in [0.1, 0.15) is 6.04 Å². The third kappa shape index (κ3) is 4.09. The molecule has 1 atom stereocenters. The van der Waals surface area contributed by atoms with Crippen LogP contribution in [0.25, 0.3) is 0 Å². The lowest BCUT2D eigenvalue weighted by Gasteiger charge is -2.15. The fraction of sp³-hybridized carbons (Fsp3) is 0.176. The second-order valence-electron chi connectivity index (χ2n) is 5.04. The second-order valence-corrected chi connectivity index (χ2v) is 5.44. The number of amides is 1. The molecule has 0 aliphatic heterocycles. The molecule has 22 heavy (non-hydrogen) atoms. The molecule has 2 aromatic rings. The van der Waals surface area contributed by atoms with Crippen LogP contribution >= 0.6 is 11.6 Å². The summed E-state index contributed by atoms with van der Waals surface area (Å²) in [6.07, 6.45) is 0.215. The van der Waals surface area contributed by atoms with Crippen LogP contribution in [0.15, 0.2) is 48.5 Å². The summed E-state index contributed by atoms with van der Waals surface area (Å²) < 4.78 is 0. The van der Waals surface area contributed by atoms with Gasteiger partial charge in [-0.15, -0.1) is 0 Å². The number of rotatable bonds is 5. The Balaban J connectivity index is 2.14. The number of hydrogen-bond donors (Lipinski definition) is 2. The molecule has 0 unspecified atom stereocenters. The van der Waals surface area contributed by atoms with Gasteiger partial charge in [-0.1, -0.05) is 53.6 Å². The summed E-state index contributed by atoms with van der Waals surface area (Å²) in [5.74, 6) is -1.58. The zero-order valence-corrected chi connectivity index (χ0v) is 12.8. The third-order valence-electron chi connectivity index (χ3n) is 3.24. The van der Waals surface area contributed by atoms with Gasteiger partial charge < -0.3 is 10.4 Å². The van der Waals surface area contributed by atoms with Crippen LogP contribution < -0.4 is 5.32 Å². The number of benzene rings is 2. The van der Waals surface area contributed by atoms with E-state index >= 15 is 0 Å². The Hall–Kier alpha value is -2.33. The molecule has 5 heteroatoms. The molecule has 2 rings (SSSR count). The highest BCUT2D eigenvalue weighted by Crippen LogP contribution is 2.15. The van der Waals surface area contributed by atoms with E-state index < -0.39 is 17.9 Å². The summed E-state index contributed by atoms with van der Waals surface area (Å²) in [5.41, 5.74) is 2.16. The number of nitrogens with one attached hydrogen (secondary N) is 1. The van der Waals surface area contributed by atoms with Crippen molar-refractivity contribution in [3.05, 3.63) is 70.2 Å². The standard InChI is InChI=1S/C17H16ClNO3/c1-11-5-4-6-12(9-11)10-15(17(21)22)19-16(20)13-7-2-3-8-14(13)18/h2-9,15H,10H2,1H3,(H,19,20)(H,21,22)/t15-/m0/s1. The van der Waals surface area contributed by atoms with Crippen molar-refractivity contribution in [2.75, 3.05) is 0 Å². The maximum atomic E-state index is 12.2. The van der Waals surface area contributed by atoms with Crippen LogP contribution in [0.3, 0.4) is 0 Å². The number of halogens is 1. The molecule has 0 aliphatic carbocycles. The fourth-order valence-corrected chi connectivity index (χ4v) is 2.38. The van der Waals surface area contributed by atoms with Crippen LogP contribution in [-0.2, 0) is 11.2 Å². The van der Waals surface area contributed by atoms with Crippen molar-refractivity contribution in [1.29, 1.82) is 0 Å². The Bertz CT molecular complexity index is 700. The summed E-state index contributed by atoms with van der Waals surface area (Å²) >= 11 is 5.95. The molecule has 0 heterocycles. The zero-order chi connectivity index (χ0) is 16.1. The molecule has 1 amide bonds. The van der Waals surface area contributed by atoms with Crippen LogP contribution in [0, 0.1) is 6.92 Å². The molecule has 0 aromatic heterocycles. The average Bonchev–Trinajstić information content (AvgIpc) is 2.46. The number of aliphatic carboxylic acids is 1. The first-order valence-electron chi connectivity index (χ1n) is 6.81. The van der Waals surface area contributed by atoms with Crippen LogP contribution in [-0.4, -0.2) is 23.0 Å². The van der Waals surface area contributed by atoms with E-state index in [1.165, 1.54) is 0 Å².